The maximum atomic E-state index is 5.54. The van der Waals surface area contributed by atoms with E-state index < -0.39 is 0 Å². The first-order valence-corrected chi connectivity index (χ1v) is 47.2. The zero-order chi connectivity index (χ0) is 90.6. The molecule has 8 nitrogen and oxygen atoms in total. The molecule has 0 aliphatic heterocycles. The quantitative estimate of drug-likeness (QED) is 0.129. The summed E-state index contributed by atoms with van der Waals surface area (Å²) in [5.41, 5.74) is 31.7. The number of rotatable bonds is 11. The lowest BCUT2D eigenvalue weighted by Gasteiger charge is -2.17. The van der Waals surface area contributed by atoms with Gasteiger partial charge in [-0.05, 0) is 227 Å². The normalized spacial score (nSPS) is 11.9. The Balaban J connectivity index is 0.000000137. The molecule has 6 heterocycles. The Morgan fingerprint density at radius 1 is 0.130 bits per heavy atom. The molecule has 0 saturated heterocycles. The van der Waals surface area contributed by atoms with Gasteiger partial charge in [0.1, 0.15) is 0 Å². The number of nitrogens with zero attached hydrogens (tertiary/aromatic N) is 8. The van der Waals surface area contributed by atoms with Crippen LogP contribution < -0.4 is 0 Å². The molecule has 0 aliphatic carbocycles. The SMILES string of the molecule is c1ccc(-c2cc(-c3ccccc3)cc(-c3nc4ccccc4nc3-c3cccc4c(-n5c6cc7ccccc7cc6c6c(-n7c8ccccc8c8cc9ccccc9cc87)cccc65)cccc34)c2)cc1.c1ccc(-c2ccc(-c3nc4ccccc4nc3-c3cccc4c(-n5c6cc7ccccc7cc6c6c(-n7c8ccccc8c8cc9ccccc9cc87)cccc65)cccc34)cc2)cc1. The lowest BCUT2D eigenvalue weighted by atomic mass is 9.92. The molecule has 640 valence electrons. The fourth-order valence-corrected chi connectivity index (χ4v) is 22.2. The van der Waals surface area contributed by atoms with Crippen molar-refractivity contribution in [2.24, 2.45) is 0 Å². The van der Waals surface area contributed by atoms with Gasteiger partial charge in [0.15, 0.2) is 0 Å². The molecule has 0 atom stereocenters. The van der Waals surface area contributed by atoms with E-state index in [1.54, 1.807) is 0 Å². The van der Waals surface area contributed by atoms with Gasteiger partial charge in [-0.3, -0.25) is 0 Å². The molecule has 0 N–H and O–H groups in total. The van der Waals surface area contributed by atoms with Gasteiger partial charge in [-0.25, -0.2) is 19.9 Å². The van der Waals surface area contributed by atoms with Crippen molar-refractivity contribution < 1.29 is 0 Å². The number of aromatic nitrogens is 8. The molecule has 0 unspecified atom stereocenters. The van der Waals surface area contributed by atoms with Crippen LogP contribution in [-0.2, 0) is 0 Å². The average molecular weight is 1750 g/mol. The molecular formula is C130H80N8. The van der Waals surface area contributed by atoms with E-state index in [1.807, 2.05) is 24.3 Å². The van der Waals surface area contributed by atoms with E-state index in [2.05, 4.69) is 479 Å². The Morgan fingerprint density at radius 2 is 0.391 bits per heavy atom. The first kappa shape index (κ1) is 78.2. The van der Waals surface area contributed by atoms with E-state index in [0.29, 0.717) is 0 Å². The van der Waals surface area contributed by atoms with Gasteiger partial charge in [-0.1, -0.05) is 346 Å². The molecule has 0 radical (unpaired) electrons. The van der Waals surface area contributed by atoms with Crippen LogP contribution in [-0.4, -0.2) is 38.2 Å². The number of benzene rings is 23. The lowest BCUT2D eigenvalue weighted by molar-refractivity contribution is 1.18. The predicted octanol–water partition coefficient (Wildman–Crippen LogP) is 34.2. The van der Waals surface area contributed by atoms with E-state index in [9.17, 15) is 0 Å². The summed E-state index contributed by atoms with van der Waals surface area (Å²) in [5.74, 6) is 0. The molecule has 8 heteroatoms. The zero-order valence-electron chi connectivity index (χ0n) is 74.8. The molecule has 6 aromatic heterocycles. The van der Waals surface area contributed by atoms with Gasteiger partial charge in [0.25, 0.3) is 0 Å². The van der Waals surface area contributed by atoms with Gasteiger partial charge in [-0.15, -0.1) is 0 Å². The summed E-state index contributed by atoms with van der Waals surface area (Å²) in [6.45, 7) is 0. The van der Waals surface area contributed by atoms with Crippen molar-refractivity contribution in [3.8, 4) is 101 Å². The minimum Gasteiger partial charge on any atom is -0.309 e. The summed E-state index contributed by atoms with van der Waals surface area (Å²) >= 11 is 0. The predicted molar refractivity (Wildman–Crippen MR) is 580 cm³/mol. The number of para-hydroxylation sites is 6. The lowest BCUT2D eigenvalue weighted by Crippen LogP contribution is -1.99. The Morgan fingerprint density at radius 3 is 0.797 bits per heavy atom. The first-order valence-electron chi connectivity index (χ1n) is 47.2. The van der Waals surface area contributed by atoms with Crippen LogP contribution in [0.15, 0.2) is 485 Å². The van der Waals surface area contributed by atoms with Crippen LogP contribution in [0.5, 0.6) is 0 Å². The largest absolute Gasteiger partial charge is 0.309 e. The summed E-state index contributed by atoms with van der Waals surface area (Å²) in [4.78, 5) is 21.8. The molecule has 0 aliphatic rings. The van der Waals surface area contributed by atoms with Gasteiger partial charge in [0.05, 0.1) is 112 Å². The molecule has 0 fully saturated rings. The van der Waals surface area contributed by atoms with Crippen LogP contribution in [0.2, 0.25) is 0 Å². The molecular weight excluding hydrogens is 1670 g/mol. The number of hydrogen-bond acceptors (Lipinski definition) is 4. The van der Waals surface area contributed by atoms with E-state index in [-0.39, 0.29) is 0 Å². The van der Waals surface area contributed by atoms with Crippen molar-refractivity contribution in [1.82, 2.24) is 38.2 Å². The van der Waals surface area contributed by atoms with Gasteiger partial charge >= 0.3 is 0 Å². The summed E-state index contributed by atoms with van der Waals surface area (Å²) in [7, 11) is 0. The number of fused-ring (bicyclic) bond motifs is 20. The molecule has 0 saturated carbocycles. The van der Waals surface area contributed by atoms with Crippen LogP contribution >= 0.6 is 0 Å². The van der Waals surface area contributed by atoms with Gasteiger partial charge in [0.2, 0.25) is 0 Å². The third kappa shape index (κ3) is 12.6. The second kappa shape index (κ2) is 31.6. The summed E-state index contributed by atoms with van der Waals surface area (Å²) in [6, 6.07) is 176. The molecule has 138 heavy (non-hydrogen) atoms. The molecule has 23 aromatic carbocycles. The summed E-state index contributed by atoms with van der Waals surface area (Å²) in [6.07, 6.45) is 0. The van der Waals surface area contributed by atoms with Crippen LogP contribution in [0.25, 0.3) is 275 Å². The smallest absolute Gasteiger partial charge is 0.0979 e. The first-order chi connectivity index (χ1) is 68.4. The van der Waals surface area contributed by atoms with Crippen LogP contribution in [0.4, 0.5) is 0 Å². The fourth-order valence-electron chi connectivity index (χ4n) is 22.2. The van der Waals surface area contributed by atoms with Crippen molar-refractivity contribution in [2.45, 2.75) is 0 Å². The fraction of sp³-hybridized carbons (Fsp3) is 0. The van der Waals surface area contributed by atoms with Gasteiger partial charge in [-0.2, -0.15) is 0 Å². The Kier molecular flexibility index (Phi) is 17.9. The maximum Gasteiger partial charge on any atom is 0.0979 e. The van der Waals surface area contributed by atoms with Crippen molar-refractivity contribution in [2.75, 3.05) is 0 Å². The van der Waals surface area contributed by atoms with Gasteiger partial charge in [0, 0.05) is 76.1 Å². The molecule has 0 amide bonds. The zero-order valence-corrected chi connectivity index (χ0v) is 74.8. The van der Waals surface area contributed by atoms with Crippen LogP contribution in [0.1, 0.15) is 0 Å². The Hall–Kier alpha value is -18.5. The second-order valence-electron chi connectivity index (χ2n) is 36.2. The van der Waals surface area contributed by atoms with Crippen molar-refractivity contribution in [3.05, 3.63) is 485 Å². The maximum absolute atomic E-state index is 5.54. The van der Waals surface area contributed by atoms with Crippen LogP contribution in [0, 0.1) is 0 Å². The summed E-state index contributed by atoms with van der Waals surface area (Å²) in [5, 5.41) is 24.0. The third-order valence-electron chi connectivity index (χ3n) is 28.5. The highest BCUT2D eigenvalue weighted by atomic mass is 15.0. The van der Waals surface area contributed by atoms with Crippen LogP contribution in [0.3, 0.4) is 0 Å². The molecule has 29 aromatic rings. The topological polar surface area (TPSA) is 71.3 Å². The third-order valence-corrected chi connectivity index (χ3v) is 28.5. The van der Waals surface area contributed by atoms with E-state index in [0.717, 1.165) is 156 Å². The second-order valence-corrected chi connectivity index (χ2v) is 36.2. The highest BCUT2D eigenvalue weighted by Gasteiger charge is 2.28. The van der Waals surface area contributed by atoms with Crippen molar-refractivity contribution in [1.29, 1.82) is 0 Å². The minimum atomic E-state index is 0.841. The molecule has 29 rings (SSSR count). The van der Waals surface area contributed by atoms with E-state index in [4.69, 9.17) is 19.9 Å². The van der Waals surface area contributed by atoms with E-state index in [1.165, 1.54) is 119 Å². The monoisotopic (exact) mass is 1750 g/mol. The Labute approximate surface area is 793 Å². The number of hydrogen-bond donors (Lipinski definition) is 0. The molecule has 0 spiro atoms. The summed E-state index contributed by atoms with van der Waals surface area (Å²) < 4.78 is 9.98. The van der Waals surface area contributed by atoms with Crippen molar-refractivity contribution >= 4 is 174 Å². The molecule has 0 bridgehead atoms. The van der Waals surface area contributed by atoms with E-state index >= 15 is 0 Å². The van der Waals surface area contributed by atoms with Crippen molar-refractivity contribution in [3.63, 3.8) is 0 Å². The highest BCUT2D eigenvalue weighted by molar-refractivity contribution is 6.24. The standard InChI is InChI=1S/C68H42N4.C62H38N4/c1-3-18-43(19-4-1)49-36-50(44-20-5-2-6-21-44)38-51(37-49)67-68(70-59-31-13-12-30-58(59)69-67)55-29-15-28-53-52(55)27-16-33-61(53)72-63-35-17-34-62(66(63)57-40-46-23-8-10-25-48(46)42-65(57)72)71-60-32-14-11-26-54(60)56-39-45-22-7-9-24-47(45)41-64(56)71;1-2-15-39(16-3-1)40-31-33-41(34-32-40)61-62(64-53-26-10-9-25-52(53)63-61)49-24-12-23-47-46(49)22-13-28-55(47)66-57-30-14-29-56(60(57)51-36-43-18-5-7-20-45(43)38-59(51)66)65-54-27-11-8-21-48(54)50-35-42-17-4-6-19-44(42)37-58(50)65/h1-42H;1-38H. The van der Waals surface area contributed by atoms with Gasteiger partial charge < -0.3 is 18.3 Å². The highest BCUT2D eigenvalue weighted by Crippen LogP contribution is 2.50. The minimum absolute atomic E-state index is 0.841. The average Bonchev–Trinajstić information content (AvgIpc) is 1.53. The Bertz CT molecular complexity index is 10000.